The highest BCUT2D eigenvalue weighted by atomic mass is 28.4. The van der Waals surface area contributed by atoms with Crippen LogP contribution in [0.25, 0.3) is 0 Å². The van der Waals surface area contributed by atoms with Gasteiger partial charge in [-0.25, -0.2) is 0 Å². The molecule has 0 bridgehead atoms. The van der Waals surface area contributed by atoms with Crippen LogP contribution in [0.2, 0.25) is 18.1 Å². The molecule has 0 saturated heterocycles. The lowest BCUT2D eigenvalue weighted by Crippen LogP contribution is -2.38. The third kappa shape index (κ3) is 6.69. The van der Waals surface area contributed by atoms with E-state index in [1.165, 1.54) is 16.7 Å². The second kappa shape index (κ2) is 12.6. The summed E-state index contributed by atoms with van der Waals surface area (Å²) >= 11 is 0. The maximum Gasteiger partial charge on any atom is 0.192 e. The minimum atomic E-state index is -1.85. The molecule has 0 aliphatic heterocycles. The molecule has 0 saturated carbocycles. The first-order chi connectivity index (χ1) is 16.1. The molecule has 3 aromatic rings. The number of rotatable bonds is 12. The van der Waals surface area contributed by atoms with Crippen molar-refractivity contribution in [1.82, 2.24) is 0 Å². The van der Waals surface area contributed by atoms with Gasteiger partial charge in [0.05, 0.1) is 13.2 Å². The molecule has 2 atom stereocenters. The fraction of sp³-hybridized carbons (Fsp3) is 0.333. The molecule has 0 aliphatic rings. The summed E-state index contributed by atoms with van der Waals surface area (Å²) in [5.41, 5.74) is 3.82. The van der Waals surface area contributed by atoms with E-state index in [9.17, 15) is 0 Å². The summed E-state index contributed by atoms with van der Waals surface area (Å²) in [6, 6.07) is 33.3. The van der Waals surface area contributed by atoms with E-state index in [-0.39, 0.29) is 12.0 Å². The first kappa shape index (κ1) is 25.0. The molecule has 0 aromatic heterocycles. The molecule has 0 aliphatic carbocycles. The Labute approximate surface area is 201 Å². The average molecular weight is 459 g/mol. The smallest absolute Gasteiger partial charge is 0.192 e. The van der Waals surface area contributed by atoms with E-state index in [1.807, 2.05) is 0 Å². The molecule has 0 spiro atoms. The largest absolute Gasteiger partial charge is 0.497 e. The molecule has 0 unspecified atom stereocenters. The number of benzene rings is 3. The maximum atomic E-state index is 7.21. The number of methoxy groups -OCH3 is 1. The predicted octanol–water partition coefficient (Wildman–Crippen LogP) is 8.34. The Morgan fingerprint density at radius 2 is 1.30 bits per heavy atom. The molecule has 3 aromatic carbocycles. The topological polar surface area (TPSA) is 18.5 Å². The zero-order valence-corrected chi connectivity index (χ0v) is 21.5. The molecule has 0 fully saturated rings. The van der Waals surface area contributed by atoms with Crippen molar-refractivity contribution in [3.8, 4) is 5.75 Å². The van der Waals surface area contributed by atoms with E-state index in [4.69, 9.17) is 9.16 Å². The van der Waals surface area contributed by atoms with Gasteiger partial charge in [-0.05, 0) is 53.4 Å². The summed E-state index contributed by atoms with van der Waals surface area (Å²) in [7, 11) is -0.136. The summed E-state index contributed by atoms with van der Waals surface area (Å²) in [6.07, 6.45) is 5.55. The third-order valence-corrected chi connectivity index (χ3v) is 11.4. The van der Waals surface area contributed by atoms with Gasteiger partial charge in [-0.2, -0.15) is 0 Å². The van der Waals surface area contributed by atoms with Crippen molar-refractivity contribution in [3.63, 3.8) is 0 Å². The van der Waals surface area contributed by atoms with Crippen molar-refractivity contribution in [2.45, 2.75) is 57.3 Å². The summed E-state index contributed by atoms with van der Waals surface area (Å²) in [6.45, 7) is 6.90. The summed E-state index contributed by atoms with van der Waals surface area (Å²) in [4.78, 5) is 0. The highest BCUT2D eigenvalue weighted by Gasteiger charge is 2.35. The summed E-state index contributed by atoms with van der Waals surface area (Å²) < 4.78 is 12.6. The van der Waals surface area contributed by atoms with Crippen LogP contribution < -0.4 is 4.74 Å². The minimum Gasteiger partial charge on any atom is -0.497 e. The van der Waals surface area contributed by atoms with Crippen molar-refractivity contribution < 1.29 is 9.16 Å². The Morgan fingerprint density at radius 1 is 0.727 bits per heavy atom. The SMILES string of the molecule is CC[Si](CC)(CC)O[C@@H](c1ccc(OC)cc1)[C@@H](/C=C\Cc1ccccc1)c1ccccc1. The molecule has 3 heteroatoms. The molecule has 0 radical (unpaired) electrons. The van der Waals surface area contributed by atoms with Crippen LogP contribution in [0.4, 0.5) is 0 Å². The van der Waals surface area contributed by atoms with E-state index in [0.717, 1.165) is 30.3 Å². The second-order valence-electron chi connectivity index (χ2n) is 8.61. The van der Waals surface area contributed by atoms with Gasteiger partial charge in [0, 0.05) is 5.92 Å². The highest BCUT2D eigenvalue weighted by Crippen LogP contribution is 2.40. The average Bonchev–Trinajstić information content (AvgIpc) is 2.89. The molecule has 0 N–H and O–H groups in total. The predicted molar refractivity (Wildman–Crippen MR) is 142 cm³/mol. The Bertz CT molecular complexity index is 955. The first-order valence-electron chi connectivity index (χ1n) is 12.2. The van der Waals surface area contributed by atoms with Crippen molar-refractivity contribution in [3.05, 3.63) is 114 Å². The summed E-state index contributed by atoms with van der Waals surface area (Å²) in [5.74, 6) is 1.01. The van der Waals surface area contributed by atoms with Gasteiger partial charge in [0.15, 0.2) is 8.32 Å². The number of hydrogen-bond donors (Lipinski definition) is 0. The zero-order chi connectivity index (χ0) is 23.5. The van der Waals surface area contributed by atoms with Gasteiger partial charge in [0.25, 0.3) is 0 Å². The van der Waals surface area contributed by atoms with Gasteiger partial charge in [-0.3, -0.25) is 0 Å². The fourth-order valence-electron chi connectivity index (χ4n) is 4.44. The van der Waals surface area contributed by atoms with Gasteiger partial charge in [-0.15, -0.1) is 0 Å². The molecule has 2 nitrogen and oxygen atoms in total. The van der Waals surface area contributed by atoms with E-state index < -0.39 is 8.32 Å². The first-order valence-corrected chi connectivity index (χ1v) is 14.7. The standard InChI is InChI=1S/C30H38O2Si/c1-5-33(6-2,7-3)32-30(27-21-23-28(31-4)24-22-27)29(26-18-12-9-13-19-26)20-14-17-25-15-10-8-11-16-25/h8-16,18-24,29-30H,5-7,17H2,1-4H3/b20-14-/t29-,30-/m0/s1. The monoisotopic (exact) mass is 458 g/mol. The van der Waals surface area contributed by atoms with Gasteiger partial charge < -0.3 is 9.16 Å². The number of hydrogen-bond acceptors (Lipinski definition) is 2. The lowest BCUT2D eigenvalue weighted by molar-refractivity contribution is 0.173. The summed E-state index contributed by atoms with van der Waals surface area (Å²) in [5, 5.41) is 0. The van der Waals surface area contributed by atoms with Crippen LogP contribution >= 0.6 is 0 Å². The Balaban J connectivity index is 2.03. The van der Waals surface area contributed by atoms with Crippen molar-refractivity contribution in [2.75, 3.05) is 7.11 Å². The van der Waals surface area contributed by atoms with E-state index in [2.05, 4.69) is 118 Å². The van der Waals surface area contributed by atoms with Gasteiger partial charge in [0.1, 0.15) is 5.75 Å². The molecular weight excluding hydrogens is 420 g/mol. The van der Waals surface area contributed by atoms with Crippen LogP contribution in [0.1, 0.15) is 49.5 Å². The van der Waals surface area contributed by atoms with Crippen molar-refractivity contribution >= 4 is 8.32 Å². The minimum absolute atomic E-state index is 0.0307. The normalized spacial score (nSPS) is 13.7. The van der Waals surface area contributed by atoms with Gasteiger partial charge in [-0.1, -0.05) is 106 Å². The lowest BCUT2D eigenvalue weighted by Gasteiger charge is -2.37. The van der Waals surface area contributed by atoms with Crippen LogP contribution in [0.15, 0.2) is 97.1 Å². The number of ether oxygens (including phenoxy) is 1. The molecule has 33 heavy (non-hydrogen) atoms. The highest BCUT2D eigenvalue weighted by molar-refractivity contribution is 6.73. The second-order valence-corrected chi connectivity index (χ2v) is 13.3. The molecule has 174 valence electrons. The van der Waals surface area contributed by atoms with E-state index in [1.54, 1.807) is 7.11 Å². The van der Waals surface area contributed by atoms with E-state index in [0.29, 0.717) is 0 Å². The van der Waals surface area contributed by atoms with E-state index >= 15 is 0 Å². The third-order valence-electron chi connectivity index (χ3n) is 6.80. The Hall–Kier alpha value is -2.62. The van der Waals surface area contributed by atoms with Gasteiger partial charge in [0.2, 0.25) is 0 Å². The van der Waals surface area contributed by atoms with Crippen molar-refractivity contribution in [1.29, 1.82) is 0 Å². The van der Waals surface area contributed by atoms with Crippen LogP contribution in [-0.2, 0) is 10.8 Å². The maximum absolute atomic E-state index is 7.21. The molecular formula is C30H38O2Si. The molecule has 0 heterocycles. The number of allylic oxidation sites excluding steroid dienone is 1. The van der Waals surface area contributed by atoms with Crippen LogP contribution in [0, 0.1) is 0 Å². The van der Waals surface area contributed by atoms with Crippen LogP contribution in [0.5, 0.6) is 5.75 Å². The van der Waals surface area contributed by atoms with Crippen molar-refractivity contribution in [2.24, 2.45) is 0 Å². The van der Waals surface area contributed by atoms with Crippen LogP contribution in [-0.4, -0.2) is 15.4 Å². The lowest BCUT2D eigenvalue weighted by atomic mass is 9.88. The quantitative estimate of drug-likeness (QED) is 0.200. The van der Waals surface area contributed by atoms with Gasteiger partial charge >= 0.3 is 0 Å². The fourth-order valence-corrected chi connectivity index (χ4v) is 7.26. The zero-order valence-electron chi connectivity index (χ0n) is 20.5. The molecule has 3 rings (SSSR count). The van der Waals surface area contributed by atoms with Crippen LogP contribution in [0.3, 0.4) is 0 Å². The Morgan fingerprint density at radius 3 is 1.85 bits per heavy atom. The molecule has 0 amide bonds. The Kier molecular flexibility index (Phi) is 9.53.